The first-order valence-electron chi connectivity index (χ1n) is 19.7. The molecule has 0 aromatic carbocycles. The van der Waals surface area contributed by atoms with Crippen molar-refractivity contribution in [1.82, 2.24) is 0 Å². The van der Waals surface area contributed by atoms with Gasteiger partial charge in [-0.25, -0.2) is 9.59 Å². The van der Waals surface area contributed by atoms with Gasteiger partial charge in [0.25, 0.3) is 0 Å². The van der Waals surface area contributed by atoms with Gasteiger partial charge in [-0.2, -0.15) is 0 Å². The topological polar surface area (TPSA) is 125 Å². The van der Waals surface area contributed by atoms with Gasteiger partial charge in [-0.15, -0.1) is 0 Å². The van der Waals surface area contributed by atoms with Crippen molar-refractivity contribution >= 4 is 19.8 Å². The number of allylic oxidation sites excluding steroid dienone is 2. The molecule has 0 bridgehead atoms. The summed E-state index contributed by atoms with van der Waals surface area (Å²) in [5.74, 6) is -1.34. The molecule has 0 fully saturated rings. The maximum Gasteiger partial charge on any atom is 1.00 e. The molecule has 0 aromatic heterocycles. The van der Waals surface area contributed by atoms with Crippen LogP contribution in [0.3, 0.4) is 0 Å². The molecule has 0 heterocycles. The average Bonchev–Trinajstić information content (AvgIpc) is 3.05. The van der Waals surface area contributed by atoms with Crippen molar-refractivity contribution in [2.45, 2.75) is 200 Å². The molecule has 8 nitrogen and oxygen atoms in total. The fourth-order valence-electron chi connectivity index (χ4n) is 5.64. The zero-order valence-corrected chi connectivity index (χ0v) is 37.7. The van der Waals surface area contributed by atoms with Crippen molar-refractivity contribution in [3.05, 3.63) is 24.3 Å². The number of hydrogen-bond donors (Lipinski definition) is 0. The van der Waals surface area contributed by atoms with Crippen LogP contribution in [0.2, 0.25) is 0 Å². The number of esters is 2. The van der Waals surface area contributed by atoms with E-state index in [1.165, 1.54) is 153 Å². The molecule has 0 aromatic rings. The Kier molecular flexibility index (Phi) is 46.4. The van der Waals surface area contributed by atoms with Gasteiger partial charge in [0.2, 0.25) is 0 Å². The molecule has 0 aliphatic carbocycles. The molecule has 0 amide bonds. The Labute approximate surface area is 351 Å². The Bertz CT molecular complexity index is 850. The summed E-state index contributed by atoms with van der Waals surface area (Å²) in [6.45, 7) is 3.37. The van der Waals surface area contributed by atoms with Crippen molar-refractivity contribution in [2.24, 2.45) is 0 Å². The van der Waals surface area contributed by atoms with Gasteiger partial charge in [-0.1, -0.05) is 180 Å². The summed E-state index contributed by atoms with van der Waals surface area (Å²) in [5.41, 5.74) is 0. The van der Waals surface area contributed by atoms with Gasteiger partial charge in [0.15, 0.2) is 6.10 Å². The number of rotatable bonds is 36. The standard InChI is InChI=1S/C39H73O8P.2Na/c1-3-5-7-9-11-13-15-17-19-21-23-25-27-29-31-33-38(40)45-35-37(36-46-48(42,43)44)47-39(41)34-32-30-28-26-24-22-20-18-16-14-12-10-8-6-4-2;;/h31-34,37H,3-30,35-36H2,1-2H3,(H2,42,43,44);;/q;2*+1/p-2/t37-;;/m1../s1. The first-order chi connectivity index (χ1) is 23.3. The van der Waals surface area contributed by atoms with E-state index in [0.29, 0.717) is 0 Å². The third-order valence-electron chi connectivity index (χ3n) is 8.57. The van der Waals surface area contributed by atoms with Crippen molar-refractivity contribution in [3.63, 3.8) is 0 Å². The van der Waals surface area contributed by atoms with Crippen molar-refractivity contribution in [2.75, 3.05) is 13.2 Å². The first-order valence-corrected chi connectivity index (χ1v) is 21.1. The Morgan fingerprint density at radius 3 is 1.18 bits per heavy atom. The third kappa shape index (κ3) is 44.7. The third-order valence-corrected chi connectivity index (χ3v) is 9.03. The van der Waals surface area contributed by atoms with E-state index in [0.717, 1.165) is 38.5 Å². The number of carbonyl (C=O) groups is 2. The van der Waals surface area contributed by atoms with Crippen molar-refractivity contribution < 1.29 is 97.1 Å². The summed E-state index contributed by atoms with van der Waals surface area (Å²) in [6.07, 6.45) is 39.5. The minimum absolute atomic E-state index is 0. The van der Waals surface area contributed by atoms with Crippen LogP contribution < -0.4 is 68.9 Å². The molecule has 282 valence electrons. The summed E-state index contributed by atoms with van der Waals surface area (Å²) in [6, 6.07) is 0. The molecule has 0 aliphatic heterocycles. The van der Waals surface area contributed by atoms with Crippen LogP contribution in [0, 0.1) is 0 Å². The Hall–Kier alpha value is 0.530. The van der Waals surface area contributed by atoms with E-state index < -0.39 is 39.1 Å². The largest absolute Gasteiger partial charge is 1.00 e. The second-order valence-corrected chi connectivity index (χ2v) is 14.5. The summed E-state index contributed by atoms with van der Waals surface area (Å²) in [4.78, 5) is 46.2. The fraction of sp³-hybridized carbons (Fsp3) is 0.846. The molecular weight excluding hydrogens is 673 g/mol. The first kappa shape index (κ1) is 54.9. The van der Waals surface area contributed by atoms with Crippen LogP contribution in [0.25, 0.3) is 0 Å². The van der Waals surface area contributed by atoms with Crippen molar-refractivity contribution in [1.29, 1.82) is 0 Å². The SMILES string of the molecule is CCCCCCCCCCCCCCCC=CC(=O)OC[C@H](COP(=O)([O-])[O-])OC(=O)C=CCCCCCCCCCCCCCCC.[Na+].[Na+]. The zero-order chi connectivity index (χ0) is 35.4. The van der Waals surface area contributed by atoms with Crippen LogP contribution in [0.15, 0.2) is 24.3 Å². The minimum atomic E-state index is -5.27. The van der Waals surface area contributed by atoms with Gasteiger partial charge < -0.3 is 28.3 Å². The predicted molar refractivity (Wildman–Crippen MR) is 193 cm³/mol. The number of ether oxygens (including phenoxy) is 2. The molecule has 0 aliphatic rings. The molecule has 0 unspecified atom stereocenters. The predicted octanol–water partition coefficient (Wildman–Crippen LogP) is 4.37. The van der Waals surface area contributed by atoms with Gasteiger partial charge in [-0.05, 0) is 25.7 Å². The van der Waals surface area contributed by atoms with E-state index in [2.05, 4.69) is 18.4 Å². The van der Waals surface area contributed by atoms with E-state index in [1.54, 1.807) is 12.2 Å². The molecular formula is C39H71Na2O8P. The number of phosphoric acid groups is 1. The van der Waals surface area contributed by atoms with Gasteiger partial charge in [0, 0.05) is 12.2 Å². The van der Waals surface area contributed by atoms with Crippen LogP contribution in [0.5, 0.6) is 0 Å². The molecule has 0 saturated carbocycles. The van der Waals surface area contributed by atoms with Gasteiger partial charge in [0.05, 0.1) is 14.4 Å². The molecule has 0 spiro atoms. The van der Waals surface area contributed by atoms with Gasteiger partial charge in [0.1, 0.15) is 6.61 Å². The minimum Gasteiger partial charge on any atom is -0.790 e. The number of phosphoric ester groups is 1. The number of carbonyl (C=O) groups excluding carboxylic acids is 2. The summed E-state index contributed by atoms with van der Waals surface area (Å²) in [7, 11) is -5.27. The Balaban J connectivity index is -0.0000110. The van der Waals surface area contributed by atoms with Crippen LogP contribution in [0.4, 0.5) is 0 Å². The smallest absolute Gasteiger partial charge is 0.790 e. The monoisotopic (exact) mass is 744 g/mol. The molecule has 0 saturated heterocycles. The van der Waals surface area contributed by atoms with Crippen LogP contribution in [0.1, 0.15) is 194 Å². The molecule has 1 atom stereocenters. The summed E-state index contributed by atoms with van der Waals surface area (Å²) < 4.78 is 25.5. The van der Waals surface area contributed by atoms with Crippen molar-refractivity contribution in [3.8, 4) is 0 Å². The molecule has 0 N–H and O–H groups in total. The quantitative estimate of drug-likeness (QED) is 0.0305. The van der Waals surface area contributed by atoms with Gasteiger partial charge >= 0.3 is 71.1 Å². The Morgan fingerprint density at radius 2 is 0.840 bits per heavy atom. The van der Waals surface area contributed by atoms with E-state index in [9.17, 15) is 23.9 Å². The molecule has 50 heavy (non-hydrogen) atoms. The normalized spacial score (nSPS) is 12.2. The van der Waals surface area contributed by atoms with E-state index >= 15 is 0 Å². The summed E-state index contributed by atoms with van der Waals surface area (Å²) in [5, 5.41) is 0. The van der Waals surface area contributed by atoms with E-state index in [1.807, 2.05) is 0 Å². The van der Waals surface area contributed by atoms with Gasteiger partial charge in [-0.3, -0.25) is 0 Å². The van der Waals surface area contributed by atoms with Crippen LogP contribution in [-0.2, 0) is 28.2 Å². The van der Waals surface area contributed by atoms with Crippen LogP contribution >= 0.6 is 7.82 Å². The average molecular weight is 745 g/mol. The Morgan fingerprint density at radius 1 is 0.520 bits per heavy atom. The molecule has 0 rings (SSSR count). The zero-order valence-electron chi connectivity index (χ0n) is 32.8. The second-order valence-electron chi connectivity index (χ2n) is 13.3. The second kappa shape index (κ2) is 42.3. The fourth-order valence-corrected chi connectivity index (χ4v) is 5.99. The summed E-state index contributed by atoms with van der Waals surface area (Å²) >= 11 is 0. The van der Waals surface area contributed by atoms with Crippen LogP contribution in [-0.4, -0.2) is 31.3 Å². The molecule has 0 radical (unpaired) electrons. The number of unbranched alkanes of at least 4 members (excludes halogenated alkanes) is 26. The molecule has 11 heteroatoms. The van der Waals surface area contributed by atoms with E-state index in [-0.39, 0.29) is 59.1 Å². The maximum atomic E-state index is 12.2. The number of hydrogen-bond acceptors (Lipinski definition) is 8. The maximum absolute atomic E-state index is 12.2. The van der Waals surface area contributed by atoms with E-state index in [4.69, 9.17) is 9.47 Å².